The van der Waals surface area contributed by atoms with Crippen LogP contribution in [0, 0.1) is 11.2 Å². The fraction of sp³-hybridized carbons (Fsp3) is 0.393. The lowest BCUT2D eigenvalue weighted by Gasteiger charge is -2.09. The number of halogens is 1. The van der Waals surface area contributed by atoms with E-state index in [1.807, 2.05) is 12.2 Å². The number of aromatic nitrogens is 1. The molecule has 0 radical (unpaired) electrons. The molecule has 2 rings (SSSR count). The molecular formula is C28H39FN4O2. The maximum atomic E-state index is 12.4. The van der Waals surface area contributed by atoms with Gasteiger partial charge in [-0.3, -0.25) is 0 Å². The molecule has 1 aromatic rings. The molecule has 1 aromatic heterocycles. The van der Waals surface area contributed by atoms with E-state index in [4.69, 9.17) is 14.9 Å². The van der Waals surface area contributed by atoms with Crippen molar-refractivity contribution in [2.75, 3.05) is 20.3 Å². The summed E-state index contributed by atoms with van der Waals surface area (Å²) in [7, 11) is 1.51. The van der Waals surface area contributed by atoms with E-state index in [2.05, 4.69) is 61.4 Å². The van der Waals surface area contributed by atoms with Gasteiger partial charge in [-0.05, 0) is 30.1 Å². The third kappa shape index (κ3) is 12.6. The molecule has 2 N–H and O–H groups in total. The first-order valence-corrected chi connectivity index (χ1v) is 11.9. The number of ether oxygens (including phenoxy) is 2. The first kappa shape index (κ1) is 29.7. The Kier molecular flexibility index (Phi) is 14.6. The Hall–Kier alpha value is -3.32. The number of unbranched alkanes of at least 4 members (excludes halogenated alkanes) is 2. The molecule has 190 valence electrons. The fourth-order valence-corrected chi connectivity index (χ4v) is 2.81. The SMILES string of the molecule is C=C(C=N)C(=NC(=C)C1=CC=CC(CNC(C)C)=CC1)OC.CCCCCOc1ccc(F)cn1. The number of aliphatic imine (C=N–C) groups is 1. The molecule has 0 atom stereocenters. The van der Waals surface area contributed by atoms with E-state index in [0.717, 1.165) is 43.8 Å². The van der Waals surface area contributed by atoms with Gasteiger partial charge < -0.3 is 20.2 Å². The minimum Gasteiger partial charge on any atom is -0.481 e. The largest absolute Gasteiger partial charge is 0.481 e. The monoisotopic (exact) mass is 482 g/mol. The molecule has 0 amide bonds. The summed E-state index contributed by atoms with van der Waals surface area (Å²) in [5, 5.41) is 10.6. The number of methoxy groups -OCH3 is 1. The van der Waals surface area contributed by atoms with Crippen LogP contribution in [-0.2, 0) is 4.74 Å². The Morgan fingerprint density at radius 1 is 1.31 bits per heavy atom. The van der Waals surface area contributed by atoms with Gasteiger partial charge in [-0.1, -0.05) is 71.1 Å². The van der Waals surface area contributed by atoms with Crippen molar-refractivity contribution >= 4 is 12.1 Å². The van der Waals surface area contributed by atoms with Crippen LogP contribution in [0.1, 0.15) is 46.5 Å². The van der Waals surface area contributed by atoms with Gasteiger partial charge in [0.15, 0.2) is 0 Å². The Morgan fingerprint density at radius 3 is 2.69 bits per heavy atom. The molecule has 0 aliphatic heterocycles. The predicted molar refractivity (Wildman–Crippen MR) is 144 cm³/mol. The molecule has 0 spiro atoms. The van der Waals surface area contributed by atoms with Gasteiger partial charge >= 0.3 is 0 Å². The minimum absolute atomic E-state index is 0.319. The highest BCUT2D eigenvalue weighted by molar-refractivity contribution is 6.11. The second-order valence-electron chi connectivity index (χ2n) is 8.18. The van der Waals surface area contributed by atoms with Crippen molar-refractivity contribution in [2.45, 2.75) is 52.5 Å². The Morgan fingerprint density at radius 2 is 2.09 bits per heavy atom. The van der Waals surface area contributed by atoms with Crippen LogP contribution in [0.4, 0.5) is 4.39 Å². The van der Waals surface area contributed by atoms with Crippen molar-refractivity contribution < 1.29 is 13.9 Å². The number of nitrogens with zero attached hydrogens (tertiary/aromatic N) is 2. The summed E-state index contributed by atoms with van der Waals surface area (Å²) in [5.41, 5.74) is 3.31. The molecule has 0 saturated heterocycles. The average Bonchev–Trinajstić information content (AvgIpc) is 3.10. The molecule has 0 unspecified atom stereocenters. The summed E-state index contributed by atoms with van der Waals surface area (Å²) >= 11 is 0. The van der Waals surface area contributed by atoms with Gasteiger partial charge in [0, 0.05) is 30.4 Å². The van der Waals surface area contributed by atoms with Gasteiger partial charge in [-0.15, -0.1) is 0 Å². The Labute approximate surface area is 209 Å². The van der Waals surface area contributed by atoms with Crippen LogP contribution in [0.2, 0.25) is 0 Å². The van der Waals surface area contributed by atoms with Gasteiger partial charge in [-0.2, -0.15) is 0 Å². The number of pyridine rings is 1. The summed E-state index contributed by atoms with van der Waals surface area (Å²) in [4.78, 5) is 8.11. The van der Waals surface area contributed by atoms with Crippen LogP contribution in [0.15, 0.2) is 83.2 Å². The molecule has 6 nitrogen and oxygen atoms in total. The molecule has 0 aromatic carbocycles. The lowest BCUT2D eigenvalue weighted by Crippen LogP contribution is -2.24. The lowest BCUT2D eigenvalue weighted by atomic mass is 10.1. The predicted octanol–water partition coefficient (Wildman–Crippen LogP) is 6.35. The van der Waals surface area contributed by atoms with Crippen molar-refractivity contribution in [1.82, 2.24) is 10.3 Å². The number of rotatable bonds is 12. The van der Waals surface area contributed by atoms with E-state index < -0.39 is 0 Å². The van der Waals surface area contributed by atoms with Gasteiger partial charge in [0.05, 0.1) is 25.6 Å². The van der Waals surface area contributed by atoms with Crippen LogP contribution in [0.5, 0.6) is 5.88 Å². The molecule has 7 heteroatoms. The second-order valence-corrected chi connectivity index (χ2v) is 8.18. The normalized spacial score (nSPS) is 13.1. The highest BCUT2D eigenvalue weighted by Gasteiger charge is 2.08. The van der Waals surface area contributed by atoms with Gasteiger partial charge in [0.1, 0.15) is 5.82 Å². The van der Waals surface area contributed by atoms with Crippen molar-refractivity contribution in [1.29, 1.82) is 5.41 Å². The van der Waals surface area contributed by atoms with E-state index in [1.165, 1.54) is 25.2 Å². The topological polar surface area (TPSA) is 79.6 Å². The average molecular weight is 483 g/mol. The van der Waals surface area contributed by atoms with Crippen molar-refractivity contribution in [3.05, 3.63) is 84.0 Å². The highest BCUT2D eigenvalue weighted by atomic mass is 19.1. The zero-order valence-corrected chi connectivity index (χ0v) is 21.4. The van der Waals surface area contributed by atoms with Crippen molar-refractivity contribution in [2.24, 2.45) is 4.99 Å². The number of hydrogen-bond donors (Lipinski definition) is 2. The molecule has 0 bridgehead atoms. The van der Waals surface area contributed by atoms with E-state index in [0.29, 0.717) is 35.7 Å². The quantitative estimate of drug-likeness (QED) is 0.207. The lowest BCUT2D eigenvalue weighted by molar-refractivity contribution is 0.294. The highest BCUT2D eigenvalue weighted by Crippen LogP contribution is 2.20. The minimum atomic E-state index is -0.332. The van der Waals surface area contributed by atoms with Gasteiger partial charge in [0.25, 0.3) is 0 Å². The third-order valence-electron chi connectivity index (χ3n) is 4.85. The van der Waals surface area contributed by atoms with Crippen LogP contribution in [-0.4, -0.2) is 43.4 Å². The summed E-state index contributed by atoms with van der Waals surface area (Å²) < 4.78 is 22.8. The zero-order valence-electron chi connectivity index (χ0n) is 21.4. The first-order valence-electron chi connectivity index (χ1n) is 11.9. The smallest absolute Gasteiger partial charge is 0.221 e. The van der Waals surface area contributed by atoms with Crippen LogP contribution >= 0.6 is 0 Å². The maximum Gasteiger partial charge on any atom is 0.221 e. The molecule has 0 saturated carbocycles. The van der Waals surface area contributed by atoms with Crippen molar-refractivity contribution in [3.63, 3.8) is 0 Å². The van der Waals surface area contributed by atoms with E-state index in [-0.39, 0.29) is 5.82 Å². The molecular weight excluding hydrogens is 443 g/mol. The summed E-state index contributed by atoms with van der Waals surface area (Å²) in [6, 6.07) is 3.35. The fourth-order valence-electron chi connectivity index (χ4n) is 2.81. The standard InChI is InChI=1S/C18H25N3O.C10H14FNO/c1-13(2)20-12-16-7-6-8-17(10-9-16)15(4)21-18(22-5)14(3)11-19;1-2-3-4-7-13-10-6-5-9(11)8-12-10/h6-9,11,13,19-20H,3-4,10,12H2,1-2,5H3;5-6,8H,2-4,7H2,1H3. The molecule has 0 fully saturated rings. The van der Waals surface area contributed by atoms with Crippen molar-refractivity contribution in [3.8, 4) is 5.88 Å². The molecule has 35 heavy (non-hydrogen) atoms. The third-order valence-corrected chi connectivity index (χ3v) is 4.85. The van der Waals surface area contributed by atoms with Crippen LogP contribution in [0.3, 0.4) is 0 Å². The Balaban J connectivity index is 0.000000400. The molecule has 1 aliphatic rings. The van der Waals surface area contributed by atoms with E-state index in [9.17, 15) is 4.39 Å². The number of nitrogens with one attached hydrogen (secondary N) is 2. The number of hydrogen-bond acceptors (Lipinski definition) is 6. The summed E-state index contributed by atoms with van der Waals surface area (Å²) in [6.07, 6.45) is 14.7. The first-order chi connectivity index (χ1) is 16.8. The molecule has 1 aliphatic carbocycles. The van der Waals surface area contributed by atoms with Gasteiger partial charge in [0.2, 0.25) is 11.8 Å². The zero-order chi connectivity index (χ0) is 26.1. The summed E-state index contributed by atoms with van der Waals surface area (Å²) in [5.74, 6) is 0.484. The van der Waals surface area contributed by atoms with Crippen LogP contribution < -0.4 is 10.1 Å². The van der Waals surface area contributed by atoms with Gasteiger partial charge in [-0.25, -0.2) is 14.4 Å². The van der Waals surface area contributed by atoms with Crippen LogP contribution in [0.25, 0.3) is 0 Å². The van der Waals surface area contributed by atoms with E-state index >= 15 is 0 Å². The molecule has 1 heterocycles. The summed E-state index contributed by atoms with van der Waals surface area (Å²) in [6.45, 7) is 15.6. The second kappa shape index (κ2) is 17.2. The Bertz CT molecular complexity index is 944. The number of allylic oxidation sites excluding steroid dienone is 4. The maximum absolute atomic E-state index is 12.4. The van der Waals surface area contributed by atoms with E-state index in [1.54, 1.807) is 6.07 Å².